The highest BCUT2D eigenvalue weighted by Crippen LogP contribution is 2.41. The van der Waals surface area contributed by atoms with Crippen LogP contribution in [0.4, 0.5) is 18.0 Å². The second-order valence-corrected chi connectivity index (χ2v) is 9.41. The van der Waals surface area contributed by atoms with Gasteiger partial charge in [0.1, 0.15) is 11.4 Å². The number of benzene rings is 2. The van der Waals surface area contributed by atoms with Crippen molar-refractivity contribution in [2.45, 2.75) is 31.8 Å². The average molecular weight is 531 g/mol. The van der Waals surface area contributed by atoms with Crippen molar-refractivity contribution in [1.82, 2.24) is 20.1 Å². The number of rotatable bonds is 9. The Morgan fingerprint density at radius 2 is 1.89 bits per heavy atom. The fraction of sp³-hybridized carbons (Fsp3) is 0.333. The Labute approximate surface area is 218 Å². The summed E-state index contributed by atoms with van der Waals surface area (Å²) in [6.07, 6.45) is -4.83. The number of nitrogens with one attached hydrogen (secondary N) is 2. The second kappa shape index (κ2) is 11.2. The van der Waals surface area contributed by atoms with Gasteiger partial charge in [0.05, 0.1) is 11.7 Å². The van der Waals surface area contributed by atoms with E-state index in [0.717, 1.165) is 17.7 Å². The molecule has 3 N–H and O–H groups in total. The third kappa shape index (κ3) is 6.46. The molecule has 8 nitrogen and oxygen atoms in total. The number of aromatic nitrogens is 1. The van der Waals surface area contributed by atoms with Crippen LogP contribution in [0.3, 0.4) is 0 Å². The summed E-state index contributed by atoms with van der Waals surface area (Å²) in [5.41, 5.74) is 4.04. The fourth-order valence-corrected chi connectivity index (χ4v) is 4.74. The number of alkyl halides is 3. The molecule has 3 aromatic rings. The molecule has 0 radical (unpaired) electrons. The molecule has 0 spiro atoms. The summed E-state index contributed by atoms with van der Waals surface area (Å²) < 4.78 is 44.8. The predicted octanol–water partition coefficient (Wildman–Crippen LogP) is 5.11. The molecule has 0 saturated carbocycles. The molecule has 2 amide bonds. The van der Waals surface area contributed by atoms with E-state index in [0.29, 0.717) is 41.9 Å². The Morgan fingerprint density at radius 3 is 2.55 bits per heavy atom. The smallest absolute Gasteiger partial charge is 0.465 e. The van der Waals surface area contributed by atoms with Gasteiger partial charge in [-0.2, -0.15) is 0 Å². The average Bonchev–Trinajstić information content (AvgIpc) is 3.24. The highest BCUT2D eigenvalue weighted by Gasteiger charge is 2.33. The first-order chi connectivity index (χ1) is 18.0. The van der Waals surface area contributed by atoms with Crippen LogP contribution in [0.25, 0.3) is 22.4 Å². The molecule has 4 rings (SSSR count). The molecule has 0 aliphatic carbocycles. The summed E-state index contributed by atoms with van der Waals surface area (Å²) >= 11 is 0. The summed E-state index contributed by atoms with van der Waals surface area (Å²) in [5, 5.41) is 14.1. The Bertz CT molecular complexity index is 1300. The maximum atomic E-state index is 12.9. The number of hydrogen-bond donors (Lipinski definition) is 3. The van der Waals surface area contributed by atoms with Gasteiger partial charge in [-0.25, -0.2) is 4.79 Å². The topological polar surface area (TPSA) is 95.8 Å². The van der Waals surface area contributed by atoms with Crippen molar-refractivity contribution in [3.8, 4) is 28.1 Å². The fourth-order valence-electron chi connectivity index (χ4n) is 4.74. The molecule has 1 aromatic heterocycles. The Morgan fingerprint density at radius 1 is 1.16 bits per heavy atom. The molecule has 38 heavy (non-hydrogen) atoms. The molecule has 0 saturated heterocycles. The first-order valence-corrected chi connectivity index (χ1v) is 12.1. The lowest BCUT2D eigenvalue weighted by Gasteiger charge is -2.29. The van der Waals surface area contributed by atoms with Crippen LogP contribution in [0, 0.1) is 0 Å². The number of hydrogen-bond acceptors (Lipinski definition) is 4. The summed E-state index contributed by atoms with van der Waals surface area (Å²) in [5.74, 6) is -0.642. The van der Waals surface area contributed by atoms with Crippen LogP contribution in [-0.4, -0.2) is 60.1 Å². The van der Waals surface area contributed by atoms with Gasteiger partial charge in [-0.15, -0.1) is 13.2 Å². The van der Waals surface area contributed by atoms with E-state index in [1.54, 1.807) is 12.1 Å². The SMILES string of the molecule is CN(C)Cc1ccc(-c2c(-c3cccc(OC(F)(F)F)c3)cc3n2[C@@H](CCCNC(=O)O)CNC3=O)cc1. The monoisotopic (exact) mass is 530 g/mol. The van der Waals surface area contributed by atoms with Crippen LogP contribution in [0.5, 0.6) is 5.75 Å². The summed E-state index contributed by atoms with van der Waals surface area (Å²) in [7, 11) is 3.93. The van der Waals surface area contributed by atoms with Crippen molar-refractivity contribution < 1.29 is 32.6 Å². The molecule has 2 heterocycles. The molecule has 0 bridgehead atoms. The van der Waals surface area contributed by atoms with Gasteiger partial charge in [-0.1, -0.05) is 36.4 Å². The number of carbonyl (C=O) groups excluding carboxylic acids is 1. The lowest BCUT2D eigenvalue weighted by Crippen LogP contribution is -2.39. The molecular weight excluding hydrogens is 501 g/mol. The van der Waals surface area contributed by atoms with Crippen molar-refractivity contribution >= 4 is 12.0 Å². The minimum absolute atomic E-state index is 0.182. The number of carboxylic acid groups (broad SMARTS) is 1. The third-order valence-electron chi connectivity index (χ3n) is 6.23. The number of amides is 2. The van der Waals surface area contributed by atoms with Gasteiger partial charge >= 0.3 is 12.5 Å². The van der Waals surface area contributed by atoms with Gasteiger partial charge in [0.2, 0.25) is 0 Å². The Hall–Kier alpha value is -3.99. The highest BCUT2D eigenvalue weighted by atomic mass is 19.4. The first kappa shape index (κ1) is 27.1. The van der Waals surface area contributed by atoms with Gasteiger partial charge < -0.3 is 29.9 Å². The number of ether oxygens (including phenoxy) is 1. The van der Waals surface area contributed by atoms with Crippen LogP contribution in [-0.2, 0) is 6.54 Å². The van der Waals surface area contributed by atoms with Crippen LogP contribution >= 0.6 is 0 Å². The van der Waals surface area contributed by atoms with Crippen molar-refractivity contribution in [3.05, 3.63) is 65.9 Å². The minimum Gasteiger partial charge on any atom is -0.465 e. The molecule has 1 atom stereocenters. The largest absolute Gasteiger partial charge is 0.573 e. The molecule has 202 valence electrons. The van der Waals surface area contributed by atoms with Crippen LogP contribution < -0.4 is 15.4 Å². The van der Waals surface area contributed by atoms with Gasteiger partial charge in [0.15, 0.2) is 0 Å². The van der Waals surface area contributed by atoms with E-state index in [1.807, 2.05) is 47.8 Å². The third-order valence-corrected chi connectivity index (χ3v) is 6.23. The molecule has 1 aliphatic heterocycles. The lowest BCUT2D eigenvalue weighted by atomic mass is 9.99. The molecule has 0 unspecified atom stereocenters. The minimum atomic E-state index is -4.83. The second-order valence-electron chi connectivity index (χ2n) is 9.41. The van der Waals surface area contributed by atoms with Crippen molar-refractivity contribution in [2.75, 3.05) is 27.2 Å². The zero-order chi connectivity index (χ0) is 27.4. The van der Waals surface area contributed by atoms with E-state index in [9.17, 15) is 22.8 Å². The van der Waals surface area contributed by atoms with Gasteiger partial charge in [-0.3, -0.25) is 4.79 Å². The number of carbonyl (C=O) groups is 2. The van der Waals surface area contributed by atoms with Crippen LogP contribution in [0.1, 0.15) is 34.9 Å². The summed E-state index contributed by atoms with van der Waals surface area (Å²) in [6.45, 7) is 1.34. The van der Waals surface area contributed by atoms with Gasteiger partial charge in [0.25, 0.3) is 5.91 Å². The van der Waals surface area contributed by atoms with Crippen molar-refractivity contribution in [3.63, 3.8) is 0 Å². The maximum Gasteiger partial charge on any atom is 0.573 e. The summed E-state index contributed by atoms with van der Waals surface area (Å²) in [6, 6.07) is 15.0. The Kier molecular flexibility index (Phi) is 7.96. The maximum absolute atomic E-state index is 12.9. The van der Waals surface area contributed by atoms with E-state index < -0.39 is 12.5 Å². The van der Waals surface area contributed by atoms with Gasteiger partial charge in [0, 0.05) is 25.2 Å². The van der Waals surface area contributed by atoms with Gasteiger partial charge in [-0.05, 0) is 61.8 Å². The normalized spacial score (nSPS) is 15.2. The van der Waals surface area contributed by atoms with Crippen LogP contribution in [0.15, 0.2) is 54.6 Å². The molecular formula is C27H29F3N4O4. The summed E-state index contributed by atoms with van der Waals surface area (Å²) in [4.78, 5) is 25.8. The molecule has 1 aliphatic rings. The molecule has 0 fully saturated rings. The Balaban J connectivity index is 1.81. The molecule has 2 aromatic carbocycles. The van der Waals surface area contributed by atoms with Crippen molar-refractivity contribution in [1.29, 1.82) is 0 Å². The van der Waals surface area contributed by atoms with E-state index in [-0.39, 0.29) is 24.2 Å². The van der Waals surface area contributed by atoms with E-state index in [2.05, 4.69) is 15.4 Å². The zero-order valence-corrected chi connectivity index (χ0v) is 21.0. The quantitative estimate of drug-likeness (QED) is 0.334. The highest BCUT2D eigenvalue weighted by molar-refractivity contribution is 5.98. The number of fused-ring (bicyclic) bond motifs is 1. The van der Waals surface area contributed by atoms with Crippen molar-refractivity contribution in [2.24, 2.45) is 0 Å². The number of halogens is 3. The zero-order valence-electron chi connectivity index (χ0n) is 21.0. The van der Waals surface area contributed by atoms with E-state index in [1.165, 1.54) is 18.2 Å². The lowest BCUT2D eigenvalue weighted by molar-refractivity contribution is -0.274. The van der Waals surface area contributed by atoms with Crippen LogP contribution in [0.2, 0.25) is 0 Å². The first-order valence-electron chi connectivity index (χ1n) is 12.1. The van der Waals surface area contributed by atoms with E-state index >= 15 is 0 Å². The number of nitrogens with zero attached hydrogens (tertiary/aromatic N) is 2. The molecule has 11 heteroatoms. The standard InChI is InChI=1S/C27H29F3N4O4/c1-33(2)16-17-8-10-18(11-9-17)24-22(19-5-3-7-21(13-19)38-27(28,29)30)14-23-25(35)32-15-20(34(23)24)6-4-12-31-26(36)37/h3,5,7-11,13-14,20,31H,4,6,12,15-16H2,1-2H3,(H,32,35)(H,36,37)/t20-/m0/s1. The van der Waals surface area contributed by atoms with E-state index in [4.69, 9.17) is 5.11 Å². The predicted molar refractivity (Wildman–Crippen MR) is 136 cm³/mol.